The van der Waals surface area contributed by atoms with Crippen LogP contribution in [0.4, 0.5) is 31.1 Å². The highest BCUT2D eigenvalue weighted by molar-refractivity contribution is 5.80. The number of ether oxygens (including phenoxy) is 2. The van der Waals surface area contributed by atoms with E-state index in [1.54, 1.807) is 18.2 Å². The van der Waals surface area contributed by atoms with Gasteiger partial charge in [0.1, 0.15) is 5.82 Å². The van der Waals surface area contributed by atoms with Gasteiger partial charge in [0.05, 0.1) is 42.9 Å². The van der Waals surface area contributed by atoms with E-state index in [0.29, 0.717) is 16.6 Å². The number of amides is 2. The zero-order valence-corrected chi connectivity index (χ0v) is 19.5. The zero-order chi connectivity index (χ0) is 26.4. The number of halogens is 6. The van der Waals surface area contributed by atoms with Crippen molar-refractivity contribution in [3.63, 3.8) is 0 Å². The summed E-state index contributed by atoms with van der Waals surface area (Å²) in [6.07, 6.45) is -9.25. The Morgan fingerprint density at radius 3 is 2.40 bits per heavy atom. The molecule has 2 amide bonds. The number of nitrogens with one attached hydrogen (secondary N) is 2. The molecule has 1 saturated heterocycles. The standard InChI is InChI=1S/C21H27F6N5O3/c1-18(2,20(22,23)24)35-8-12(28)16-29-13-6-5-11(7-14(13)30-16)15(9-34-4)32-10-19(3,21(25,26)27)31-17(32)33/h5-7,12,15H,8-10,28H2,1-4H3,(H,29,30)(H,31,33)/t12-,15?,19-/m0/s1. The van der Waals surface area contributed by atoms with Crippen LogP contribution >= 0.6 is 0 Å². The number of aromatic amines is 1. The Morgan fingerprint density at radius 2 is 1.86 bits per heavy atom. The number of nitrogens with zero attached hydrogens (tertiary/aromatic N) is 2. The molecule has 1 aliphatic heterocycles. The van der Waals surface area contributed by atoms with Crippen LogP contribution < -0.4 is 11.1 Å². The molecule has 1 unspecified atom stereocenters. The quantitative estimate of drug-likeness (QED) is 0.466. The highest BCUT2D eigenvalue weighted by Crippen LogP contribution is 2.38. The Bertz CT molecular complexity index is 1070. The first kappa shape index (κ1) is 27.0. The monoisotopic (exact) mass is 511 g/mol. The van der Waals surface area contributed by atoms with Crippen molar-refractivity contribution >= 4 is 17.1 Å². The fourth-order valence-corrected chi connectivity index (χ4v) is 3.58. The molecule has 0 spiro atoms. The van der Waals surface area contributed by atoms with E-state index in [2.05, 4.69) is 9.97 Å². The summed E-state index contributed by atoms with van der Waals surface area (Å²) in [5, 5.41) is 2.00. The van der Waals surface area contributed by atoms with Gasteiger partial charge < -0.3 is 30.4 Å². The number of rotatable bonds is 8. The molecule has 0 bridgehead atoms. The summed E-state index contributed by atoms with van der Waals surface area (Å²) < 4.78 is 89.5. The molecule has 8 nitrogen and oxygen atoms in total. The first-order valence-corrected chi connectivity index (χ1v) is 10.6. The molecule has 4 N–H and O–H groups in total. The maximum atomic E-state index is 13.5. The maximum absolute atomic E-state index is 13.5. The third-order valence-electron chi connectivity index (χ3n) is 6.02. The summed E-state index contributed by atoms with van der Waals surface area (Å²) >= 11 is 0. The van der Waals surface area contributed by atoms with Crippen molar-refractivity contribution in [2.24, 2.45) is 5.73 Å². The van der Waals surface area contributed by atoms with Gasteiger partial charge in [-0.1, -0.05) is 6.07 Å². The molecule has 2 heterocycles. The number of hydrogen-bond donors (Lipinski definition) is 3. The molecule has 0 radical (unpaired) electrons. The fourth-order valence-electron chi connectivity index (χ4n) is 3.58. The number of nitrogens with two attached hydrogens (primary N) is 1. The molecular formula is C21H27F6N5O3. The molecule has 0 aliphatic carbocycles. The number of benzene rings is 1. The Balaban J connectivity index is 1.84. The minimum Gasteiger partial charge on any atom is -0.382 e. The van der Waals surface area contributed by atoms with Crippen molar-refractivity contribution in [2.45, 2.75) is 56.3 Å². The van der Waals surface area contributed by atoms with Crippen molar-refractivity contribution in [2.75, 3.05) is 26.9 Å². The van der Waals surface area contributed by atoms with E-state index in [0.717, 1.165) is 25.7 Å². The minimum atomic E-state index is -4.66. The molecule has 3 rings (SSSR count). The summed E-state index contributed by atoms with van der Waals surface area (Å²) in [5.41, 5.74) is 2.47. The molecule has 1 fully saturated rings. The predicted molar refractivity (Wildman–Crippen MR) is 113 cm³/mol. The molecule has 35 heavy (non-hydrogen) atoms. The number of H-pyrrole nitrogens is 1. The first-order chi connectivity index (χ1) is 16.0. The lowest BCUT2D eigenvalue weighted by Gasteiger charge is -2.29. The topological polar surface area (TPSA) is 106 Å². The van der Waals surface area contributed by atoms with Crippen molar-refractivity contribution in [1.29, 1.82) is 0 Å². The van der Waals surface area contributed by atoms with Crippen LogP contribution in [0.5, 0.6) is 0 Å². The Kier molecular flexibility index (Phi) is 7.05. The number of imidazole rings is 1. The summed E-state index contributed by atoms with van der Waals surface area (Å²) in [6.45, 7) is 1.52. The first-order valence-electron chi connectivity index (χ1n) is 10.6. The van der Waals surface area contributed by atoms with Gasteiger partial charge in [-0.15, -0.1) is 0 Å². The zero-order valence-electron chi connectivity index (χ0n) is 19.5. The van der Waals surface area contributed by atoms with E-state index in [-0.39, 0.29) is 12.4 Å². The molecule has 1 aliphatic rings. The van der Waals surface area contributed by atoms with Gasteiger partial charge in [0.25, 0.3) is 0 Å². The number of carbonyl (C=O) groups excluding carboxylic acids is 1. The van der Waals surface area contributed by atoms with Crippen molar-refractivity contribution in [3.8, 4) is 0 Å². The van der Waals surface area contributed by atoms with Crippen LogP contribution in [-0.4, -0.2) is 71.3 Å². The van der Waals surface area contributed by atoms with Crippen LogP contribution in [0.25, 0.3) is 11.0 Å². The molecule has 196 valence electrons. The maximum Gasteiger partial charge on any atom is 0.416 e. The third kappa shape index (κ3) is 5.33. The lowest BCUT2D eigenvalue weighted by Crippen LogP contribution is -2.53. The molecule has 1 aromatic heterocycles. The second-order valence-electron chi connectivity index (χ2n) is 9.18. The smallest absolute Gasteiger partial charge is 0.382 e. The van der Waals surface area contributed by atoms with Crippen LogP contribution in [0.3, 0.4) is 0 Å². The number of hydrogen-bond acceptors (Lipinski definition) is 5. The summed E-state index contributed by atoms with van der Waals surface area (Å²) in [5.74, 6) is 0.168. The minimum absolute atomic E-state index is 0.0793. The number of fused-ring (bicyclic) bond motifs is 1. The lowest BCUT2D eigenvalue weighted by atomic mass is 10.0. The second kappa shape index (κ2) is 9.13. The van der Waals surface area contributed by atoms with Crippen LogP contribution in [0.1, 0.15) is 44.2 Å². The van der Waals surface area contributed by atoms with Gasteiger partial charge in [0, 0.05) is 7.11 Å². The van der Waals surface area contributed by atoms with E-state index >= 15 is 0 Å². The van der Waals surface area contributed by atoms with Crippen molar-refractivity contribution in [3.05, 3.63) is 29.6 Å². The Hall–Kier alpha value is -2.58. The van der Waals surface area contributed by atoms with Gasteiger partial charge >= 0.3 is 18.4 Å². The van der Waals surface area contributed by atoms with Crippen molar-refractivity contribution in [1.82, 2.24) is 20.2 Å². The van der Waals surface area contributed by atoms with E-state index in [1.807, 2.05) is 5.32 Å². The Morgan fingerprint density at radius 1 is 1.20 bits per heavy atom. The molecule has 2 aromatic rings. The van der Waals surface area contributed by atoms with Crippen molar-refractivity contribution < 1.29 is 40.6 Å². The SMILES string of the molecule is COCC(c1ccc2[nH]c([C@@H](N)COC(C)(C)C(F)(F)F)nc2c1)N1C[C@@](C)(C(F)(F)F)NC1=O. The number of urea groups is 1. The lowest BCUT2D eigenvalue weighted by molar-refractivity contribution is -0.264. The average molecular weight is 511 g/mol. The van der Waals surface area contributed by atoms with Crippen LogP contribution in [-0.2, 0) is 9.47 Å². The van der Waals surface area contributed by atoms with Gasteiger partial charge in [-0.3, -0.25) is 0 Å². The fraction of sp³-hybridized carbons (Fsp3) is 0.619. The number of methoxy groups -OCH3 is 1. The largest absolute Gasteiger partial charge is 0.416 e. The summed E-state index contributed by atoms with van der Waals surface area (Å²) in [7, 11) is 1.36. The van der Waals surface area contributed by atoms with E-state index in [1.165, 1.54) is 7.11 Å². The van der Waals surface area contributed by atoms with Gasteiger partial charge in [0.15, 0.2) is 11.1 Å². The number of carbonyl (C=O) groups is 1. The number of alkyl halides is 6. The predicted octanol–water partition coefficient (Wildman–Crippen LogP) is 3.95. The molecular weight excluding hydrogens is 484 g/mol. The van der Waals surface area contributed by atoms with Crippen LogP contribution in [0.2, 0.25) is 0 Å². The molecule has 14 heteroatoms. The summed E-state index contributed by atoms with van der Waals surface area (Å²) in [4.78, 5) is 20.7. The molecule has 0 saturated carbocycles. The van der Waals surface area contributed by atoms with E-state index < -0.39 is 54.8 Å². The van der Waals surface area contributed by atoms with Gasteiger partial charge in [0.2, 0.25) is 0 Å². The highest BCUT2D eigenvalue weighted by Gasteiger charge is 2.58. The molecule has 3 atom stereocenters. The van der Waals surface area contributed by atoms with Gasteiger partial charge in [-0.05, 0) is 38.5 Å². The normalized spacial score (nSPS) is 21.5. The van der Waals surface area contributed by atoms with E-state index in [4.69, 9.17) is 15.2 Å². The highest BCUT2D eigenvalue weighted by atomic mass is 19.4. The van der Waals surface area contributed by atoms with Crippen LogP contribution in [0.15, 0.2) is 18.2 Å². The number of aromatic nitrogens is 2. The van der Waals surface area contributed by atoms with Gasteiger partial charge in [-0.2, -0.15) is 26.3 Å². The Labute approximate surface area is 197 Å². The second-order valence-corrected chi connectivity index (χ2v) is 9.18. The molecule has 1 aromatic carbocycles. The van der Waals surface area contributed by atoms with Gasteiger partial charge in [-0.25, -0.2) is 9.78 Å². The van der Waals surface area contributed by atoms with E-state index in [9.17, 15) is 31.1 Å². The van der Waals surface area contributed by atoms with Crippen LogP contribution in [0, 0.1) is 0 Å². The third-order valence-corrected chi connectivity index (χ3v) is 6.02. The summed E-state index contributed by atoms with van der Waals surface area (Å²) in [6, 6.07) is 2.01. The average Bonchev–Trinajstić information content (AvgIpc) is 3.29.